The SMILES string of the molecule is CNc1cccc(-c2cccc(N)c2)c1.O=CC(Cc1ccccc1)NCc1cscn1. The Bertz CT molecular complexity index is 1080. The minimum absolute atomic E-state index is 0.154. The molecule has 0 saturated heterocycles. The highest BCUT2D eigenvalue weighted by Crippen LogP contribution is 2.23. The molecule has 0 aliphatic carbocycles. The highest BCUT2D eigenvalue weighted by atomic mass is 32.1. The summed E-state index contributed by atoms with van der Waals surface area (Å²) in [6.45, 7) is 0.639. The van der Waals surface area contributed by atoms with Gasteiger partial charge in [0.1, 0.15) is 6.29 Å². The number of nitrogens with zero attached hydrogens (tertiary/aromatic N) is 1. The number of hydrogen-bond acceptors (Lipinski definition) is 6. The first-order valence-electron chi connectivity index (χ1n) is 10.4. The summed E-state index contributed by atoms with van der Waals surface area (Å²) in [5, 5.41) is 8.30. The molecule has 4 N–H and O–H groups in total. The first-order chi connectivity index (χ1) is 15.7. The van der Waals surface area contributed by atoms with Crippen LogP contribution >= 0.6 is 11.3 Å². The fourth-order valence-corrected chi connectivity index (χ4v) is 3.73. The van der Waals surface area contributed by atoms with E-state index >= 15 is 0 Å². The number of aldehydes is 1. The number of carbonyl (C=O) groups excluding carboxylic acids is 1. The van der Waals surface area contributed by atoms with Gasteiger partial charge in [-0.1, -0.05) is 54.6 Å². The number of nitrogens with one attached hydrogen (secondary N) is 2. The molecule has 5 nitrogen and oxygen atoms in total. The lowest BCUT2D eigenvalue weighted by atomic mass is 10.0. The Morgan fingerprint density at radius 1 is 1.00 bits per heavy atom. The molecule has 1 aromatic heterocycles. The van der Waals surface area contributed by atoms with Gasteiger partial charge in [0, 0.05) is 30.3 Å². The van der Waals surface area contributed by atoms with Crippen LogP contribution in [0.1, 0.15) is 11.3 Å². The number of thiazole rings is 1. The topological polar surface area (TPSA) is 80.0 Å². The van der Waals surface area contributed by atoms with Crippen LogP contribution in [0.3, 0.4) is 0 Å². The second-order valence-electron chi connectivity index (χ2n) is 7.25. The van der Waals surface area contributed by atoms with Gasteiger partial charge in [0.2, 0.25) is 0 Å². The first kappa shape index (κ1) is 23.2. The van der Waals surface area contributed by atoms with E-state index < -0.39 is 0 Å². The molecular formula is C26H28N4OS. The van der Waals surface area contributed by atoms with Gasteiger partial charge < -0.3 is 21.2 Å². The molecule has 4 rings (SSSR count). The molecule has 3 aromatic carbocycles. The van der Waals surface area contributed by atoms with Crippen LogP contribution in [-0.4, -0.2) is 24.4 Å². The van der Waals surface area contributed by atoms with Gasteiger partial charge in [-0.2, -0.15) is 0 Å². The molecule has 0 bridgehead atoms. The maximum Gasteiger partial charge on any atom is 0.137 e. The largest absolute Gasteiger partial charge is 0.399 e. The number of rotatable bonds is 8. The van der Waals surface area contributed by atoms with Crippen LogP contribution in [-0.2, 0) is 17.8 Å². The zero-order valence-corrected chi connectivity index (χ0v) is 18.9. The molecule has 0 aliphatic rings. The van der Waals surface area contributed by atoms with E-state index in [9.17, 15) is 4.79 Å². The van der Waals surface area contributed by atoms with Gasteiger partial charge in [0.25, 0.3) is 0 Å². The molecule has 32 heavy (non-hydrogen) atoms. The number of benzene rings is 3. The molecular weight excluding hydrogens is 416 g/mol. The quantitative estimate of drug-likeness (QED) is 0.263. The van der Waals surface area contributed by atoms with E-state index in [1.807, 2.05) is 73.1 Å². The van der Waals surface area contributed by atoms with Crippen LogP contribution in [0, 0.1) is 0 Å². The number of aromatic nitrogens is 1. The Morgan fingerprint density at radius 3 is 2.41 bits per heavy atom. The van der Waals surface area contributed by atoms with Crippen molar-refractivity contribution in [3.05, 3.63) is 101 Å². The predicted octanol–water partition coefficient (Wildman–Crippen LogP) is 5.02. The number of nitrogens with two attached hydrogens (primary N) is 1. The Labute approximate surface area is 193 Å². The monoisotopic (exact) mass is 444 g/mol. The fourth-order valence-electron chi connectivity index (χ4n) is 3.17. The lowest BCUT2D eigenvalue weighted by molar-refractivity contribution is -0.109. The molecule has 1 unspecified atom stereocenters. The van der Waals surface area contributed by atoms with E-state index in [4.69, 9.17) is 5.73 Å². The molecule has 0 spiro atoms. The Kier molecular flexibility index (Phi) is 8.98. The summed E-state index contributed by atoms with van der Waals surface area (Å²) in [5.74, 6) is 0. The third-order valence-electron chi connectivity index (χ3n) is 4.86. The third-order valence-corrected chi connectivity index (χ3v) is 5.50. The third kappa shape index (κ3) is 7.34. The lowest BCUT2D eigenvalue weighted by Crippen LogP contribution is -2.32. The van der Waals surface area contributed by atoms with Gasteiger partial charge in [0.15, 0.2) is 0 Å². The van der Waals surface area contributed by atoms with Crippen LogP contribution in [0.15, 0.2) is 89.8 Å². The molecule has 1 atom stereocenters. The van der Waals surface area contributed by atoms with Gasteiger partial charge in [-0.3, -0.25) is 0 Å². The number of nitrogen functional groups attached to an aromatic ring is 1. The van der Waals surface area contributed by atoms with E-state index in [1.165, 1.54) is 5.56 Å². The lowest BCUT2D eigenvalue weighted by Gasteiger charge is -2.11. The summed E-state index contributed by atoms with van der Waals surface area (Å²) in [5.41, 5.74) is 13.9. The van der Waals surface area contributed by atoms with E-state index in [1.54, 1.807) is 16.8 Å². The Balaban J connectivity index is 0.000000182. The molecule has 164 valence electrons. The van der Waals surface area contributed by atoms with E-state index in [0.29, 0.717) is 13.0 Å². The van der Waals surface area contributed by atoms with Gasteiger partial charge in [-0.05, 0) is 47.4 Å². The maximum atomic E-state index is 11.0. The van der Waals surface area contributed by atoms with Crippen molar-refractivity contribution in [1.82, 2.24) is 10.3 Å². The van der Waals surface area contributed by atoms with Crippen molar-refractivity contribution in [1.29, 1.82) is 0 Å². The zero-order chi connectivity index (χ0) is 22.6. The second-order valence-corrected chi connectivity index (χ2v) is 7.97. The molecule has 0 fully saturated rings. The van der Waals surface area contributed by atoms with Crippen molar-refractivity contribution in [3.63, 3.8) is 0 Å². The summed E-state index contributed by atoms with van der Waals surface area (Å²) in [6.07, 6.45) is 1.67. The Morgan fingerprint density at radius 2 is 1.75 bits per heavy atom. The molecule has 0 saturated carbocycles. The molecule has 1 heterocycles. The van der Waals surface area contributed by atoms with Crippen molar-refractivity contribution in [2.45, 2.75) is 19.0 Å². The second kappa shape index (κ2) is 12.4. The number of hydrogen-bond donors (Lipinski definition) is 3. The standard InChI is InChI=1S/C13H14N2OS.C13H14N2/c16-8-12(6-11-4-2-1-3-5-11)14-7-13-9-17-10-15-13;1-15-13-7-3-5-11(9-13)10-4-2-6-12(14)8-10/h1-5,8-10,12,14H,6-7H2;2-9,15H,14H2,1H3. The molecule has 4 aromatic rings. The average molecular weight is 445 g/mol. The summed E-state index contributed by atoms with van der Waals surface area (Å²) >= 11 is 1.56. The van der Waals surface area contributed by atoms with E-state index in [2.05, 4.69) is 33.8 Å². The molecule has 0 amide bonds. The van der Waals surface area contributed by atoms with Crippen LogP contribution in [0.5, 0.6) is 0 Å². The van der Waals surface area contributed by atoms with Crippen molar-refractivity contribution >= 4 is 29.0 Å². The van der Waals surface area contributed by atoms with Gasteiger partial charge >= 0.3 is 0 Å². The summed E-state index contributed by atoms with van der Waals surface area (Å²) in [6, 6.07) is 26.0. The predicted molar refractivity (Wildman–Crippen MR) is 135 cm³/mol. The van der Waals surface area contributed by atoms with Crippen LogP contribution < -0.4 is 16.4 Å². The van der Waals surface area contributed by atoms with E-state index in [-0.39, 0.29) is 6.04 Å². The van der Waals surface area contributed by atoms with Crippen LogP contribution in [0.25, 0.3) is 11.1 Å². The Hall–Kier alpha value is -3.48. The van der Waals surface area contributed by atoms with Crippen LogP contribution in [0.4, 0.5) is 11.4 Å². The van der Waals surface area contributed by atoms with E-state index in [0.717, 1.165) is 34.5 Å². The van der Waals surface area contributed by atoms with Gasteiger partial charge in [-0.15, -0.1) is 11.3 Å². The number of carbonyl (C=O) groups is 1. The highest BCUT2D eigenvalue weighted by Gasteiger charge is 2.08. The summed E-state index contributed by atoms with van der Waals surface area (Å²) in [4.78, 5) is 15.2. The van der Waals surface area contributed by atoms with Crippen molar-refractivity contribution < 1.29 is 4.79 Å². The summed E-state index contributed by atoms with van der Waals surface area (Å²) in [7, 11) is 1.92. The molecule has 6 heteroatoms. The van der Waals surface area contributed by atoms with Crippen molar-refractivity contribution in [2.24, 2.45) is 0 Å². The number of anilines is 2. The summed E-state index contributed by atoms with van der Waals surface area (Å²) < 4.78 is 0. The normalized spacial score (nSPS) is 11.2. The smallest absolute Gasteiger partial charge is 0.137 e. The average Bonchev–Trinajstić information content (AvgIpc) is 3.36. The maximum absolute atomic E-state index is 11.0. The molecule has 0 aliphatic heterocycles. The van der Waals surface area contributed by atoms with Gasteiger partial charge in [0.05, 0.1) is 17.2 Å². The molecule has 0 radical (unpaired) electrons. The first-order valence-corrected chi connectivity index (χ1v) is 11.4. The minimum Gasteiger partial charge on any atom is -0.399 e. The fraction of sp³-hybridized carbons (Fsp3) is 0.154. The minimum atomic E-state index is -0.154. The van der Waals surface area contributed by atoms with Crippen molar-refractivity contribution in [3.8, 4) is 11.1 Å². The zero-order valence-electron chi connectivity index (χ0n) is 18.1. The van der Waals surface area contributed by atoms with Gasteiger partial charge in [-0.25, -0.2) is 4.98 Å². The van der Waals surface area contributed by atoms with Crippen molar-refractivity contribution in [2.75, 3.05) is 18.1 Å². The highest BCUT2D eigenvalue weighted by molar-refractivity contribution is 7.07. The van der Waals surface area contributed by atoms with Crippen LogP contribution in [0.2, 0.25) is 0 Å².